The minimum absolute atomic E-state index is 0.849. The number of aromatic amines is 2. The molecule has 2 heterocycles. The van der Waals surface area contributed by atoms with Crippen molar-refractivity contribution in [1.29, 1.82) is 0 Å². The molecule has 67 valence electrons. The Morgan fingerprint density at radius 3 is 3.00 bits per heavy atom. The van der Waals surface area contributed by atoms with Crippen LogP contribution in [0.1, 0.15) is 0 Å². The summed E-state index contributed by atoms with van der Waals surface area (Å²) >= 11 is 0. The zero-order chi connectivity index (χ0) is 9.38. The zero-order valence-corrected chi connectivity index (χ0v) is 7.41. The molecule has 2 aromatic heterocycles. The van der Waals surface area contributed by atoms with Crippen molar-refractivity contribution >= 4 is 10.9 Å². The molecule has 0 aliphatic carbocycles. The molecule has 2 N–H and O–H groups in total. The SMILES string of the molecule is [c]1c[nH]c(-c2ccc3cc[nH]c3c2)n1. The van der Waals surface area contributed by atoms with E-state index in [0.29, 0.717) is 0 Å². The van der Waals surface area contributed by atoms with Gasteiger partial charge in [0, 0.05) is 23.5 Å². The third kappa shape index (κ3) is 1.03. The molecule has 1 radical (unpaired) electrons. The molecular formula is C11H8N3. The first kappa shape index (κ1) is 7.38. The maximum Gasteiger partial charge on any atom is 0.138 e. The quantitative estimate of drug-likeness (QED) is 0.596. The van der Waals surface area contributed by atoms with Crippen LogP contribution in [-0.2, 0) is 0 Å². The molecule has 0 saturated carbocycles. The molecule has 0 aliphatic heterocycles. The van der Waals surface area contributed by atoms with E-state index in [1.165, 1.54) is 5.39 Å². The lowest BCUT2D eigenvalue weighted by Crippen LogP contribution is -1.79. The normalized spacial score (nSPS) is 10.9. The van der Waals surface area contributed by atoms with Crippen molar-refractivity contribution in [2.45, 2.75) is 0 Å². The van der Waals surface area contributed by atoms with Crippen molar-refractivity contribution in [3.63, 3.8) is 0 Å². The number of hydrogen-bond acceptors (Lipinski definition) is 1. The molecule has 0 bridgehead atoms. The summed E-state index contributed by atoms with van der Waals surface area (Å²) in [4.78, 5) is 10.3. The van der Waals surface area contributed by atoms with E-state index in [-0.39, 0.29) is 0 Å². The average Bonchev–Trinajstić information content (AvgIpc) is 2.88. The van der Waals surface area contributed by atoms with Crippen LogP contribution in [0.2, 0.25) is 0 Å². The maximum atomic E-state index is 4.08. The van der Waals surface area contributed by atoms with Crippen LogP contribution < -0.4 is 0 Å². The molecule has 14 heavy (non-hydrogen) atoms. The fourth-order valence-corrected chi connectivity index (χ4v) is 1.57. The number of nitrogens with zero attached hydrogens (tertiary/aromatic N) is 1. The summed E-state index contributed by atoms with van der Waals surface area (Å²) < 4.78 is 0. The van der Waals surface area contributed by atoms with Gasteiger partial charge in [0.1, 0.15) is 12.0 Å². The van der Waals surface area contributed by atoms with E-state index >= 15 is 0 Å². The Morgan fingerprint density at radius 2 is 2.14 bits per heavy atom. The highest BCUT2D eigenvalue weighted by Crippen LogP contribution is 2.20. The van der Waals surface area contributed by atoms with E-state index in [0.717, 1.165) is 16.9 Å². The van der Waals surface area contributed by atoms with Crippen molar-refractivity contribution in [1.82, 2.24) is 15.0 Å². The molecule has 3 aromatic rings. The number of hydrogen-bond donors (Lipinski definition) is 2. The molecule has 3 heteroatoms. The highest BCUT2D eigenvalue weighted by Gasteiger charge is 2.01. The summed E-state index contributed by atoms with van der Waals surface area (Å²) in [5.74, 6) is 0.849. The monoisotopic (exact) mass is 182 g/mol. The molecule has 0 atom stereocenters. The van der Waals surface area contributed by atoms with Gasteiger partial charge in [-0.05, 0) is 17.5 Å². The molecule has 3 nitrogen and oxygen atoms in total. The summed E-state index contributed by atoms with van der Waals surface area (Å²) in [6.45, 7) is 0. The lowest BCUT2D eigenvalue weighted by molar-refractivity contribution is 1.31. The molecule has 3 rings (SSSR count). The van der Waals surface area contributed by atoms with Crippen LogP contribution in [-0.4, -0.2) is 15.0 Å². The molecule has 0 aliphatic rings. The van der Waals surface area contributed by atoms with E-state index < -0.39 is 0 Å². The van der Waals surface area contributed by atoms with Crippen LogP contribution in [0.3, 0.4) is 0 Å². The Balaban J connectivity index is 2.23. The maximum absolute atomic E-state index is 4.08. The first-order chi connectivity index (χ1) is 6.93. The number of rotatable bonds is 1. The van der Waals surface area contributed by atoms with Gasteiger partial charge in [0.25, 0.3) is 0 Å². The van der Waals surface area contributed by atoms with E-state index in [9.17, 15) is 0 Å². The molecular weight excluding hydrogens is 174 g/mol. The number of imidazole rings is 1. The van der Waals surface area contributed by atoms with Crippen molar-refractivity contribution in [3.8, 4) is 11.4 Å². The molecule has 0 amide bonds. The van der Waals surface area contributed by atoms with E-state index in [4.69, 9.17) is 0 Å². The smallest absolute Gasteiger partial charge is 0.138 e. The lowest BCUT2D eigenvalue weighted by atomic mass is 10.1. The topological polar surface area (TPSA) is 44.5 Å². The number of aromatic nitrogens is 3. The Kier molecular flexibility index (Phi) is 1.44. The number of fused-ring (bicyclic) bond motifs is 1. The van der Waals surface area contributed by atoms with Gasteiger partial charge >= 0.3 is 0 Å². The molecule has 1 aromatic carbocycles. The van der Waals surface area contributed by atoms with Gasteiger partial charge in [-0.2, -0.15) is 0 Å². The Morgan fingerprint density at radius 1 is 1.14 bits per heavy atom. The van der Waals surface area contributed by atoms with E-state index in [2.05, 4.69) is 33.3 Å². The van der Waals surface area contributed by atoms with Gasteiger partial charge in [-0.25, -0.2) is 4.98 Å². The van der Waals surface area contributed by atoms with Gasteiger partial charge in [0.2, 0.25) is 0 Å². The second kappa shape index (κ2) is 2.73. The van der Waals surface area contributed by atoms with E-state index in [1.54, 1.807) is 6.20 Å². The average molecular weight is 182 g/mol. The van der Waals surface area contributed by atoms with Crippen LogP contribution in [0.25, 0.3) is 22.3 Å². The molecule has 0 spiro atoms. The minimum Gasteiger partial charge on any atom is -0.361 e. The summed E-state index contributed by atoms with van der Waals surface area (Å²) in [6, 6.07) is 8.24. The first-order valence-corrected chi connectivity index (χ1v) is 4.42. The highest BCUT2D eigenvalue weighted by molar-refractivity contribution is 5.83. The number of H-pyrrole nitrogens is 2. The Labute approximate surface area is 80.8 Å². The van der Waals surface area contributed by atoms with Gasteiger partial charge in [0.15, 0.2) is 0 Å². The second-order valence-corrected chi connectivity index (χ2v) is 3.16. The van der Waals surface area contributed by atoms with Crippen molar-refractivity contribution in [3.05, 3.63) is 42.9 Å². The third-order valence-electron chi connectivity index (χ3n) is 2.28. The second-order valence-electron chi connectivity index (χ2n) is 3.16. The van der Waals surface area contributed by atoms with Gasteiger partial charge in [-0.15, -0.1) is 0 Å². The van der Waals surface area contributed by atoms with Gasteiger partial charge < -0.3 is 9.97 Å². The standard InChI is InChI=1S/C11H8N3/c1-2-9(11-13-5-6-14-11)7-10-8(1)3-4-12-10/h1-5,7,12H,(H,13,14). The fraction of sp³-hybridized carbons (Fsp3) is 0. The van der Waals surface area contributed by atoms with Crippen molar-refractivity contribution in [2.75, 3.05) is 0 Å². The van der Waals surface area contributed by atoms with Gasteiger partial charge in [0.05, 0.1) is 0 Å². The third-order valence-corrected chi connectivity index (χ3v) is 2.28. The Bertz CT molecular complexity index is 549. The summed E-state index contributed by atoms with van der Waals surface area (Å²) in [7, 11) is 0. The first-order valence-electron chi connectivity index (χ1n) is 4.42. The van der Waals surface area contributed by atoms with Gasteiger partial charge in [-0.1, -0.05) is 12.1 Å². The fourth-order valence-electron chi connectivity index (χ4n) is 1.57. The Hall–Kier alpha value is -2.03. The molecule has 0 saturated heterocycles. The van der Waals surface area contributed by atoms with Crippen LogP contribution in [0, 0.1) is 6.20 Å². The molecule has 0 unspecified atom stereocenters. The van der Waals surface area contributed by atoms with Crippen LogP contribution in [0.5, 0.6) is 0 Å². The summed E-state index contributed by atoms with van der Waals surface area (Å²) in [5.41, 5.74) is 2.19. The predicted octanol–water partition coefficient (Wildman–Crippen LogP) is 2.36. The summed E-state index contributed by atoms with van der Waals surface area (Å²) in [6.07, 6.45) is 6.39. The van der Waals surface area contributed by atoms with Gasteiger partial charge in [-0.3, -0.25) is 0 Å². The number of benzene rings is 1. The highest BCUT2D eigenvalue weighted by atomic mass is 14.9. The van der Waals surface area contributed by atoms with Crippen LogP contribution in [0.15, 0.2) is 36.7 Å². The summed E-state index contributed by atoms with van der Waals surface area (Å²) in [5, 5.41) is 1.21. The van der Waals surface area contributed by atoms with Crippen molar-refractivity contribution < 1.29 is 0 Å². The largest absolute Gasteiger partial charge is 0.361 e. The zero-order valence-electron chi connectivity index (χ0n) is 7.41. The number of nitrogens with one attached hydrogen (secondary N) is 2. The minimum atomic E-state index is 0.849. The van der Waals surface area contributed by atoms with Crippen LogP contribution >= 0.6 is 0 Å². The lowest BCUT2D eigenvalue weighted by Gasteiger charge is -1.96. The predicted molar refractivity (Wildman–Crippen MR) is 54.7 cm³/mol. The van der Waals surface area contributed by atoms with Crippen molar-refractivity contribution in [2.24, 2.45) is 0 Å². The molecule has 0 fully saturated rings. The van der Waals surface area contributed by atoms with Crippen LogP contribution in [0.4, 0.5) is 0 Å². The van der Waals surface area contributed by atoms with E-state index in [1.807, 2.05) is 18.3 Å².